The van der Waals surface area contributed by atoms with Crippen molar-refractivity contribution in [3.8, 4) is 0 Å². The van der Waals surface area contributed by atoms with Gasteiger partial charge in [-0.1, -0.05) is 12.7 Å². The Bertz CT molecular complexity index is 147. The lowest BCUT2D eigenvalue weighted by molar-refractivity contribution is -0.115. The zero-order chi connectivity index (χ0) is 7.28. The minimum Gasteiger partial charge on any atom is -0.327 e. The van der Waals surface area contributed by atoms with Crippen LogP contribution in [0.15, 0.2) is 24.4 Å². The molecule has 0 spiro atoms. The molecule has 0 bridgehead atoms. The third kappa shape index (κ3) is 4.81. The molecule has 0 aromatic heterocycles. The van der Waals surface area contributed by atoms with Crippen LogP contribution < -0.4 is 5.32 Å². The molecular weight excluding hydrogens is 114 g/mol. The van der Waals surface area contributed by atoms with E-state index in [9.17, 15) is 4.79 Å². The zero-order valence-electron chi connectivity index (χ0n) is 5.77. The molecule has 0 aliphatic heterocycles. The van der Waals surface area contributed by atoms with Gasteiger partial charge in [-0.2, -0.15) is 0 Å². The summed E-state index contributed by atoms with van der Waals surface area (Å²) in [6.07, 6.45) is 3.13. The molecule has 1 amide bonds. The lowest BCUT2D eigenvalue weighted by Gasteiger charge is -1.96. The lowest BCUT2D eigenvalue weighted by atomic mass is 10.4. The standard InChI is InChI=1S/C7H11NO/c1-4-5-7(9)8-6(2)3/h4-5H,2H2,1,3H3,(H,8,9). The fraction of sp³-hybridized carbons (Fsp3) is 0.286. The average Bonchev–Trinajstić information content (AvgIpc) is 1.63. The molecule has 0 aliphatic rings. The Hall–Kier alpha value is -1.05. The lowest BCUT2D eigenvalue weighted by Crippen LogP contribution is -2.17. The summed E-state index contributed by atoms with van der Waals surface area (Å²) in [5.74, 6) is -0.120. The highest BCUT2D eigenvalue weighted by Gasteiger charge is 1.89. The third-order valence-electron chi connectivity index (χ3n) is 0.655. The first-order valence-electron chi connectivity index (χ1n) is 2.76. The largest absolute Gasteiger partial charge is 0.327 e. The smallest absolute Gasteiger partial charge is 0.247 e. The van der Waals surface area contributed by atoms with Crippen LogP contribution in [0.3, 0.4) is 0 Å². The van der Waals surface area contributed by atoms with Crippen LogP contribution in [0.25, 0.3) is 0 Å². The maximum absolute atomic E-state index is 10.6. The number of hydrogen-bond donors (Lipinski definition) is 1. The molecule has 0 heterocycles. The van der Waals surface area contributed by atoms with E-state index in [1.54, 1.807) is 19.9 Å². The Morgan fingerprint density at radius 2 is 2.22 bits per heavy atom. The molecule has 0 saturated carbocycles. The van der Waals surface area contributed by atoms with E-state index in [1.807, 2.05) is 0 Å². The number of carbonyl (C=O) groups is 1. The van der Waals surface area contributed by atoms with Crippen LogP contribution in [0.2, 0.25) is 0 Å². The Balaban J connectivity index is 3.64. The van der Waals surface area contributed by atoms with E-state index in [0.29, 0.717) is 5.70 Å². The summed E-state index contributed by atoms with van der Waals surface area (Å²) >= 11 is 0. The van der Waals surface area contributed by atoms with E-state index in [2.05, 4.69) is 11.9 Å². The third-order valence-corrected chi connectivity index (χ3v) is 0.655. The summed E-state index contributed by atoms with van der Waals surface area (Å²) in [6, 6.07) is 0. The summed E-state index contributed by atoms with van der Waals surface area (Å²) in [7, 11) is 0. The minimum absolute atomic E-state index is 0.120. The van der Waals surface area contributed by atoms with Crippen LogP contribution >= 0.6 is 0 Å². The minimum atomic E-state index is -0.120. The maximum atomic E-state index is 10.6. The predicted octanol–water partition coefficient (Wildman–Crippen LogP) is 1.21. The highest BCUT2D eigenvalue weighted by Crippen LogP contribution is 1.79. The molecule has 0 aromatic rings. The molecule has 2 heteroatoms. The highest BCUT2D eigenvalue weighted by atomic mass is 16.1. The molecule has 0 radical (unpaired) electrons. The molecule has 1 N–H and O–H groups in total. The van der Waals surface area contributed by atoms with Gasteiger partial charge in [-0.15, -0.1) is 0 Å². The number of amides is 1. The molecule has 0 aromatic carbocycles. The first-order valence-corrected chi connectivity index (χ1v) is 2.76. The summed E-state index contributed by atoms with van der Waals surface area (Å²) in [4.78, 5) is 10.6. The van der Waals surface area contributed by atoms with Crippen LogP contribution in [0.1, 0.15) is 13.8 Å². The van der Waals surface area contributed by atoms with Gasteiger partial charge >= 0.3 is 0 Å². The van der Waals surface area contributed by atoms with Crippen molar-refractivity contribution >= 4 is 5.91 Å². The van der Waals surface area contributed by atoms with Crippen molar-refractivity contribution in [3.05, 3.63) is 24.4 Å². The molecule has 9 heavy (non-hydrogen) atoms. The topological polar surface area (TPSA) is 29.1 Å². The van der Waals surface area contributed by atoms with Gasteiger partial charge in [-0.05, 0) is 19.9 Å². The van der Waals surface area contributed by atoms with E-state index in [0.717, 1.165) is 0 Å². The van der Waals surface area contributed by atoms with Crippen molar-refractivity contribution in [3.63, 3.8) is 0 Å². The molecule has 0 unspecified atom stereocenters. The number of allylic oxidation sites excluding steroid dienone is 2. The molecule has 50 valence electrons. The Kier molecular flexibility index (Phi) is 3.44. The Morgan fingerprint density at radius 3 is 2.56 bits per heavy atom. The molecule has 0 fully saturated rings. The van der Waals surface area contributed by atoms with E-state index in [4.69, 9.17) is 0 Å². The van der Waals surface area contributed by atoms with Crippen molar-refractivity contribution < 1.29 is 4.79 Å². The van der Waals surface area contributed by atoms with Crippen molar-refractivity contribution in [2.24, 2.45) is 0 Å². The normalized spacial score (nSPS) is 9.56. The first kappa shape index (κ1) is 7.95. The van der Waals surface area contributed by atoms with Gasteiger partial charge in [-0.25, -0.2) is 0 Å². The maximum Gasteiger partial charge on any atom is 0.247 e. The first-order chi connectivity index (χ1) is 4.16. The quantitative estimate of drug-likeness (QED) is 0.552. The monoisotopic (exact) mass is 125 g/mol. The van der Waals surface area contributed by atoms with E-state index in [-0.39, 0.29) is 5.91 Å². The van der Waals surface area contributed by atoms with E-state index in [1.165, 1.54) is 6.08 Å². The number of nitrogens with one attached hydrogen (secondary N) is 1. The Morgan fingerprint density at radius 1 is 1.67 bits per heavy atom. The van der Waals surface area contributed by atoms with Crippen molar-refractivity contribution in [2.75, 3.05) is 0 Å². The summed E-state index contributed by atoms with van der Waals surface area (Å²) in [5.41, 5.74) is 0.665. The van der Waals surface area contributed by atoms with Crippen LogP contribution in [0.5, 0.6) is 0 Å². The Labute approximate surface area is 55.3 Å². The molecule has 0 rings (SSSR count). The number of hydrogen-bond acceptors (Lipinski definition) is 1. The molecular formula is C7H11NO. The molecule has 0 aliphatic carbocycles. The molecule has 0 saturated heterocycles. The fourth-order valence-corrected chi connectivity index (χ4v) is 0.403. The van der Waals surface area contributed by atoms with Crippen molar-refractivity contribution in [1.29, 1.82) is 0 Å². The zero-order valence-corrected chi connectivity index (χ0v) is 5.77. The van der Waals surface area contributed by atoms with Crippen molar-refractivity contribution in [1.82, 2.24) is 5.32 Å². The van der Waals surface area contributed by atoms with Crippen LogP contribution in [-0.4, -0.2) is 5.91 Å². The predicted molar refractivity (Wildman–Crippen MR) is 37.8 cm³/mol. The molecule has 0 atom stereocenters. The fourth-order valence-electron chi connectivity index (χ4n) is 0.403. The SMILES string of the molecule is C=C(C)NC(=O)C=CC. The van der Waals surface area contributed by atoms with E-state index >= 15 is 0 Å². The second-order valence-electron chi connectivity index (χ2n) is 1.77. The van der Waals surface area contributed by atoms with Crippen LogP contribution in [0.4, 0.5) is 0 Å². The summed E-state index contributed by atoms with van der Waals surface area (Å²) < 4.78 is 0. The van der Waals surface area contributed by atoms with Gasteiger partial charge in [0.25, 0.3) is 0 Å². The average molecular weight is 125 g/mol. The summed E-state index contributed by atoms with van der Waals surface area (Å²) in [6.45, 7) is 7.04. The van der Waals surface area contributed by atoms with Gasteiger partial charge in [0.2, 0.25) is 5.91 Å². The van der Waals surface area contributed by atoms with E-state index < -0.39 is 0 Å². The van der Waals surface area contributed by atoms with Gasteiger partial charge in [0, 0.05) is 5.70 Å². The number of carbonyl (C=O) groups excluding carboxylic acids is 1. The second-order valence-corrected chi connectivity index (χ2v) is 1.77. The number of rotatable bonds is 2. The van der Waals surface area contributed by atoms with Gasteiger partial charge in [0.15, 0.2) is 0 Å². The van der Waals surface area contributed by atoms with Crippen molar-refractivity contribution in [2.45, 2.75) is 13.8 Å². The highest BCUT2D eigenvalue weighted by molar-refractivity contribution is 5.88. The van der Waals surface area contributed by atoms with Gasteiger partial charge in [0.1, 0.15) is 0 Å². The van der Waals surface area contributed by atoms with Gasteiger partial charge in [-0.3, -0.25) is 4.79 Å². The van der Waals surface area contributed by atoms with Gasteiger partial charge in [0.05, 0.1) is 0 Å². The summed E-state index contributed by atoms with van der Waals surface area (Å²) in [5, 5.41) is 2.52. The molecule has 2 nitrogen and oxygen atoms in total. The van der Waals surface area contributed by atoms with Crippen LogP contribution in [-0.2, 0) is 4.79 Å². The van der Waals surface area contributed by atoms with Gasteiger partial charge < -0.3 is 5.32 Å². The second kappa shape index (κ2) is 3.89. The van der Waals surface area contributed by atoms with Crippen LogP contribution in [0, 0.1) is 0 Å².